The minimum Gasteiger partial charge on any atom is -0.482 e. The molecule has 0 atom stereocenters. The molecule has 0 aliphatic carbocycles. The van der Waals surface area contributed by atoms with Gasteiger partial charge >= 0.3 is 0 Å². The molecule has 1 aromatic carbocycles. The van der Waals surface area contributed by atoms with Gasteiger partial charge < -0.3 is 15.0 Å². The van der Waals surface area contributed by atoms with Crippen molar-refractivity contribution in [2.24, 2.45) is 0 Å². The largest absolute Gasteiger partial charge is 0.482 e. The van der Waals surface area contributed by atoms with Crippen LogP contribution in [0.2, 0.25) is 0 Å². The second-order valence-electron chi connectivity index (χ2n) is 5.54. The number of methoxy groups -OCH3 is 1. The average Bonchev–Trinajstić information content (AvgIpc) is 3.05. The summed E-state index contributed by atoms with van der Waals surface area (Å²) in [6.07, 6.45) is 4.24. The average molecular weight is 326 g/mol. The molecule has 0 saturated carbocycles. The van der Waals surface area contributed by atoms with Gasteiger partial charge in [0.05, 0.1) is 7.11 Å². The van der Waals surface area contributed by atoms with Crippen LogP contribution in [0.1, 0.15) is 15.3 Å². The second kappa shape index (κ2) is 7.49. The fraction of sp³-hybridized carbons (Fsp3) is 0.263. The van der Waals surface area contributed by atoms with Crippen LogP contribution in [0.5, 0.6) is 0 Å². The van der Waals surface area contributed by atoms with Crippen LogP contribution in [0, 0.1) is 0 Å². The third kappa shape index (κ3) is 3.84. The molecule has 2 heterocycles. The quantitative estimate of drug-likeness (QED) is 0.872. The van der Waals surface area contributed by atoms with E-state index in [0.717, 1.165) is 25.5 Å². The minimum absolute atomic E-state index is 0.854. The zero-order valence-electron chi connectivity index (χ0n) is 13.6. The summed E-state index contributed by atoms with van der Waals surface area (Å²) in [5.74, 6) is 0.921. The lowest BCUT2D eigenvalue weighted by molar-refractivity contribution is 0.157. The first-order valence-corrected chi connectivity index (χ1v) is 8.59. The Bertz CT molecular complexity index is 703. The van der Waals surface area contributed by atoms with Crippen molar-refractivity contribution < 1.29 is 4.74 Å². The normalized spacial score (nSPS) is 14.4. The number of thiophene rings is 1. The summed E-state index contributed by atoms with van der Waals surface area (Å²) < 4.78 is 5.54. The topological polar surface area (TPSA) is 24.5 Å². The molecule has 0 amide bonds. The fourth-order valence-electron chi connectivity index (χ4n) is 2.73. The smallest absolute Gasteiger partial charge is 0.189 e. The van der Waals surface area contributed by atoms with Crippen molar-refractivity contribution in [3.05, 3.63) is 75.8 Å². The van der Waals surface area contributed by atoms with Gasteiger partial charge in [-0.15, -0.1) is 11.3 Å². The number of hydrogen-bond acceptors (Lipinski definition) is 4. The Morgan fingerprint density at radius 1 is 1.13 bits per heavy atom. The summed E-state index contributed by atoms with van der Waals surface area (Å²) in [6, 6.07) is 14.9. The highest BCUT2D eigenvalue weighted by Crippen LogP contribution is 2.29. The third-order valence-corrected chi connectivity index (χ3v) is 5.02. The second-order valence-corrected chi connectivity index (χ2v) is 6.71. The fourth-order valence-corrected chi connectivity index (χ4v) is 3.76. The van der Waals surface area contributed by atoms with Gasteiger partial charge in [0, 0.05) is 29.4 Å². The lowest BCUT2D eigenvalue weighted by Crippen LogP contribution is -2.27. The van der Waals surface area contributed by atoms with Crippen LogP contribution in [-0.4, -0.2) is 25.6 Å². The molecule has 3 nitrogen and oxygen atoms in total. The number of nitrogens with one attached hydrogen (secondary N) is 1. The number of ether oxygens (including phenoxy) is 1. The van der Waals surface area contributed by atoms with E-state index in [1.165, 1.54) is 20.9 Å². The highest BCUT2D eigenvalue weighted by atomic mass is 32.1. The summed E-state index contributed by atoms with van der Waals surface area (Å²) in [5, 5.41) is 3.21. The molecule has 120 valence electrons. The van der Waals surface area contributed by atoms with E-state index in [9.17, 15) is 0 Å². The molecule has 0 bridgehead atoms. The minimum atomic E-state index is 0.854. The van der Waals surface area contributed by atoms with Crippen LogP contribution in [0.15, 0.2) is 60.5 Å². The molecule has 4 heteroatoms. The molecule has 0 saturated heterocycles. The van der Waals surface area contributed by atoms with Gasteiger partial charge in [-0.3, -0.25) is 0 Å². The Balaban J connectivity index is 1.78. The van der Waals surface area contributed by atoms with Crippen LogP contribution in [-0.2, 0) is 17.8 Å². The van der Waals surface area contributed by atoms with Gasteiger partial charge in [-0.25, -0.2) is 0 Å². The lowest BCUT2D eigenvalue weighted by atomic mass is 10.1. The van der Waals surface area contributed by atoms with Gasteiger partial charge in [0.2, 0.25) is 0 Å². The van der Waals surface area contributed by atoms with Crippen LogP contribution in [0.25, 0.3) is 5.57 Å². The molecular formula is C19H22N2OS. The van der Waals surface area contributed by atoms with Crippen LogP contribution < -0.4 is 5.32 Å². The van der Waals surface area contributed by atoms with Crippen molar-refractivity contribution in [3.63, 3.8) is 0 Å². The third-order valence-electron chi connectivity index (χ3n) is 3.85. The Morgan fingerprint density at radius 2 is 1.96 bits per heavy atom. The number of allylic oxidation sites excluding steroid dienone is 2. The van der Waals surface area contributed by atoms with Gasteiger partial charge in [0.15, 0.2) is 5.88 Å². The summed E-state index contributed by atoms with van der Waals surface area (Å²) in [5.41, 5.74) is 2.63. The van der Waals surface area contributed by atoms with Gasteiger partial charge in [0.25, 0.3) is 0 Å². The van der Waals surface area contributed by atoms with E-state index in [4.69, 9.17) is 4.74 Å². The highest BCUT2D eigenvalue weighted by Gasteiger charge is 2.18. The molecule has 0 fully saturated rings. The summed E-state index contributed by atoms with van der Waals surface area (Å²) in [6.45, 7) is 2.64. The maximum Gasteiger partial charge on any atom is 0.189 e. The van der Waals surface area contributed by atoms with Crippen molar-refractivity contribution >= 4 is 16.9 Å². The number of hydrogen-bond donors (Lipinski definition) is 1. The number of benzene rings is 1. The molecule has 1 aliphatic rings. The van der Waals surface area contributed by atoms with Crippen LogP contribution in [0.3, 0.4) is 0 Å². The summed E-state index contributed by atoms with van der Waals surface area (Å²) >= 11 is 1.85. The molecule has 0 unspecified atom stereocenters. The van der Waals surface area contributed by atoms with Gasteiger partial charge in [-0.05, 0) is 36.4 Å². The number of nitrogens with zero attached hydrogens (tertiary/aromatic N) is 1. The molecule has 1 aromatic heterocycles. The van der Waals surface area contributed by atoms with Crippen molar-refractivity contribution in [2.75, 3.05) is 20.7 Å². The van der Waals surface area contributed by atoms with Crippen molar-refractivity contribution in [1.29, 1.82) is 0 Å². The maximum atomic E-state index is 5.54. The van der Waals surface area contributed by atoms with Crippen LogP contribution in [0.4, 0.5) is 0 Å². The van der Waals surface area contributed by atoms with Crippen molar-refractivity contribution in [1.82, 2.24) is 10.2 Å². The van der Waals surface area contributed by atoms with Crippen LogP contribution >= 0.6 is 11.3 Å². The van der Waals surface area contributed by atoms with Crippen molar-refractivity contribution in [3.8, 4) is 0 Å². The summed E-state index contributed by atoms with van der Waals surface area (Å²) in [7, 11) is 3.72. The Labute approximate surface area is 141 Å². The zero-order chi connectivity index (χ0) is 16.1. The van der Waals surface area contributed by atoms with Gasteiger partial charge in [-0.1, -0.05) is 36.4 Å². The zero-order valence-corrected chi connectivity index (χ0v) is 14.4. The van der Waals surface area contributed by atoms with E-state index >= 15 is 0 Å². The molecule has 1 aliphatic heterocycles. The maximum absolute atomic E-state index is 5.54. The van der Waals surface area contributed by atoms with Gasteiger partial charge in [-0.2, -0.15) is 0 Å². The molecule has 0 spiro atoms. The summed E-state index contributed by atoms with van der Waals surface area (Å²) in [4.78, 5) is 4.97. The SMILES string of the molecule is CNCc1ccc(C2=CC=C(OC)N(Cc3ccccc3)C2)s1. The lowest BCUT2D eigenvalue weighted by Gasteiger charge is -2.29. The van der Waals surface area contributed by atoms with E-state index in [0.29, 0.717) is 0 Å². The Hall–Kier alpha value is -2.04. The molecule has 2 aromatic rings. The van der Waals surface area contributed by atoms with E-state index < -0.39 is 0 Å². The predicted octanol–water partition coefficient (Wildman–Crippen LogP) is 3.85. The number of rotatable bonds is 6. The van der Waals surface area contributed by atoms with E-state index in [-0.39, 0.29) is 0 Å². The molecular weight excluding hydrogens is 304 g/mol. The molecule has 0 radical (unpaired) electrons. The van der Waals surface area contributed by atoms with Crippen molar-refractivity contribution in [2.45, 2.75) is 13.1 Å². The van der Waals surface area contributed by atoms with E-state index in [1.54, 1.807) is 7.11 Å². The molecule has 1 N–H and O–H groups in total. The molecule has 3 rings (SSSR count). The first-order valence-electron chi connectivity index (χ1n) is 7.77. The first kappa shape index (κ1) is 15.8. The highest BCUT2D eigenvalue weighted by molar-refractivity contribution is 7.13. The predicted molar refractivity (Wildman–Crippen MR) is 97.0 cm³/mol. The Kier molecular flexibility index (Phi) is 5.16. The Morgan fingerprint density at radius 3 is 2.70 bits per heavy atom. The monoisotopic (exact) mass is 326 g/mol. The first-order chi connectivity index (χ1) is 11.3. The standard InChI is InChI=1S/C19H22N2OS/c1-20-12-17-9-10-18(23-17)16-8-11-19(22-2)21(14-16)13-15-6-4-3-5-7-15/h3-11,20H,12-14H2,1-2H3. The van der Waals surface area contributed by atoms with Gasteiger partial charge in [0.1, 0.15) is 0 Å². The van der Waals surface area contributed by atoms with E-state index in [1.807, 2.05) is 24.5 Å². The van der Waals surface area contributed by atoms with E-state index in [2.05, 4.69) is 58.8 Å². The molecule has 23 heavy (non-hydrogen) atoms.